The van der Waals surface area contributed by atoms with Gasteiger partial charge in [0, 0.05) is 15.9 Å². The van der Waals surface area contributed by atoms with Crippen LogP contribution in [0, 0.1) is 0 Å². The standard InChI is InChI=1S/C10H10BrClO3/c11-8-2-1-6(12)5-7(8)9(13)3-4-10(14)15/h1-2,5,9,13H,3-4H2,(H,14,15). The molecule has 1 aromatic rings. The monoisotopic (exact) mass is 292 g/mol. The van der Waals surface area contributed by atoms with Crippen LogP contribution < -0.4 is 0 Å². The van der Waals surface area contributed by atoms with E-state index in [9.17, 15) is 9.90 Å². The molecule has 0 aromatic heterocycles. The number of benzene rings is 1. The van der Waals surface area contributed by atoms with Gasteiger partial charge in [0.05, 0.1) is 6.10 Å². The molecular formula is C10H10BrClO3. The fraction of sp³-hybridized carbons (Fsp3) is 0.300. The highest BCUT2D eigenvalue weighted by molar-refractivity contribution is 9.10. The summed E-state index contributed by atoms with van der Waals surface area (Å²) in [6.45, 7) is 0. The normalized spacial score (nSPS) is 12.5. The molecule has 0 aliphatic carbocycles. The second-order valence-electron chi connectivity index (χ2n) is 3.11. The number of aliphatic carboxylic acids is 1. The van der Waals surface area contributed by atoms with Gasteiger partial charge in [0.25, 0.3) is 0 Å². The first-order chi connectivity index (χ1) is 7.00. The minimum Gasteiger partial charge on any atom is -0.481 e. The van der Waals surface area contributed by atoms with Crippen molar-refractivity contribution >= 4 is 33.5 Å². The molecular weight excluding hydrogens is 283 g/mol. The lowest BCUT2D eigenvalue weighted by molar-refractivity contribution is -0.137. The third-order valence-corrected chi connectivity index (χ3v) is 2.91. The molecule has 0 saturated heterocycles. The Morgan fingerprint density at radius 1 is 1.53 bits per heavy atom. The first kappa shape index (κ1) is 12.5. The maximum atomic E-state index is 10.3. The largest absolute Gasteiger partial charge is 0.481 e. The van der Waals surface area contributed by atoms with Crippen LogP contribution in [0.25, 0.3) is 0 Å². The summed E-state index contributed by atoms with van der Waals surface area (Å²) in [6.07, 6.45) is -0.705. The van der Waals surface area contributed by atoms with E-state index < -0.39 is 12.1 Å². The molecule has 82 valence electrons. The van der Waals surface area contributed by atoms with Gasteiger partial charge in [-0.05, 0) is 30.2 Å². The van der Waals surface area contributed by atoms with Crippen molar-refractivity contribution in [3.8, 4) is 0 Å². The Morgan fingerprint density at radius 2 is 2.20 bits per heavy atom. The topological polar surface area (TPSA) is 57.5 Å². The maximum Gasteiger partial charge on any atom is 0.303 e. The zero-order chi connectivity index (χ0) is 11.4. The predicted octanol–water partition coefficient (Wildman–Crippen LogP) is 3.00. The van der Waals surface area contributed by atoms with E-state index in [2.05, 4.69) is 15.9 Å². The van der Waals surface area contributed by atoms with Gasteiger partial charge in [0.15, 0.2) is 0 Å². The second kappa shape index (κ2) is 5.49. The average molecular weight is 294 g/mol. The fourth-order valence-electron chi connectivity index (χ4n) is 1.19. The van der Waals surface area contributed by atoms with Crippen molar-refractivity contribution in [1.82, 2.24) is 0 Å². The quantitative estimate of drug-likeness (QED) is 0.897. The zero-order valence-electron chi connectivity index (χ0n) is 7.78. The number of halogens is 2. The number of carbonyl (C=O) groups is 1. The van der Waals surface area contributed by atoms with Gasteiger partial charge in [-0.15, -0.1) is 0 Å². The van der Waals surface area contributed by atoms with E-state index in [4.69, 9.17) is 16.7 Å². The summed E-state index contributed by atoms with van der Waals surface area (Å²) in [7, 11) is 0. The summed E-state index contributed by atoms with van der Waals surface area (Å²) in [4.78, 5) is 10.3. The van der Waals surface area contributed by atoms with E-state index in [1.54, 1.807) is 18.2 Å². The van der Waals surface area contributed by atoms with Crippen LogP contribution in [0.4, 0.5) is 0 Å². The van der Waals surface area contributed by atoms with E-state index in [1.165, 1.54) is 0 Å². The number of aliphatic hydroxyl groups excluding tert-OH is 1. The second-order valence-corrected chi connectivity index (χ2v) is 4.40. The minimum absolute atomic E-state index is 0.0693. The Balaban J connectivity index is 2.76. The lowest BCUT2D eigenvalue weighted by Gasteiger charge is -2.11. The summed E-state index contributed by atoms with van der Waals surface area (Å²) >= 11 is 9.05. The molecule has 0 heterocycles. The molecule has 0 saturated carbocycles. The van der Waals surface area contributed by atoms with Crippen LogP contribution in [0.2, 0.25) is 5.02 Å². The summed E-state index contributed by atoms with van der Waals surface area (Å²) in [5, 5.41) is 18.7. The Kier molecular flexibility index (Phi) is 4.57. The molecule has 0 aliphatic rings. The van der Waals surface area contributed by atoms with Crippen molar-refractivity contribution in [2.45, 2.75) is 18.9 Å². The van der Waals surface area contributed by atoms with Gasteiger partial charge >= 0.3 is 5.97 Å². The van der Waals surface area contributed by atoms with Gasteiger partial charge in [0.2, 0.25) is 0 Å². The number of carboxylic acids is 1. The molecule has 1 unspecified atom stereocenters. The molecule has 1 rings (SSSR count). The molecule has 2 N–H and O–H groups in total. The Morgan fingerprint density at radius 3 is 2.80 bits per heavy atom. The van der Waals surface area contributed by atoms with E-state index in [-0.39, 0.29) is 12.8 Å². The van der Waals surface area contributed by atoms with Crippen molar-refractivity contribution in [2.24, 2.45) is 0 Å². The Labute approximate surface area is 101 Å². The highest BCUT2D eigenvalue weighted by Gasteiger charge is 2.13. The molecule has 0 aliphatic heterocycles. The van der Waals surface area contributed by atoms with Crippen molar-refractivity contribution in [3.05, 3.63) is 33.3 Å². The molecule has 0 bridgehead atoms. The minimum atomic E-state index is -0.924. The first-order valence-corrected chi connectivity index (χ1v) is 5.52. The summed E-state index contributed by atoms with van der Waals surface area (Å²) in [5.41, 5.74) is 0.615. The molecule has 0 amide bonds. The van der Waals surface area contributed by atoms with E-state index in [1.807, 2.05) is 0 Å². The van der Waals surface area contributed by atoms with Crippen LogP contribution in [0.5, 0.6) is 0 Å². The fourth-order valence-corrected chi connectivity index (χ4v) is 1.88. The van der Waals surface area contributed by atoms with Crippen molar-refractivity contribution < 1.29 is 15.0 Å². The van der Waals surface area contributed by atoms with Crippen LogP contribution in [-0.4, -0.2) is 16.2 Å². The molecule has 0 spiro atoms. The molecule has 0 fully saturated rings. The van der Waals surface area contributed by atoms with Crippen LogP contribution in [0.1, 0.15) is 24.5 Å². The maximum absolute atomic E-state index is 10.3. The van der Waals surface area contributed by atoms with Crippen molar-refractivity contribution in [1.29, 1.82) is 0 Å². The van der Waals surface area contributed by atoms with Crippen molar-refractivity contribution in [2.75, 3.05) is 0 Å². The number of carboxylic acid groups (broad SMARTS) is 1. The SMILES string of the molecule is O=C(O)CCC(O)c1cc(Cl)ccc1Br. The molecule has 1 atom stereocenters. The van der Waals surface area contributed by atoms with Crippen molar-refractivity contribution in [3.63, 3.8) is 0 Å². The summed E-state index contributed by atoms with van der Waals surface area (Å²) in [6, 6.07) is 5.04. The number of rotatable bonds is 4. The lowest BCUT2D eigenvalue weighted by Crippen LogP contribution is -2.03. The first-order valence-electron chi connectivity index (χ1n) is 4.35. The van der Waals surface area contributed by atoms with Gasteiger partial charge in [0.1, 0.15) is 0 Å². The summed E-state index contributed by atoms with van der Waals surface area (Å²) in [5.74, 6) is -0.924. The van der Waals surface area contributed by atoms with E-state index in [0.717, 1.165) is 4.47 Å². The van der Waals surface area contributed by atoms with E-state index >= 15 is 0 Å². The Bertz CT molecular complexity index is 368. The van der Waals surface area contributed by atoms with Gasteiger partial charge < -0.3 is 10.2 Å². The Hall–Kier alpha value is -0.580. The van der Waals surface area contributed by atoms with Gasteiger partial charge in [-0.25, -0.2) is 0 Å². The molecule has 3 nitrogen and oxygen atoms in total. The average Bonchev–Trinajstić information content (AvgIpc) is 2.18. The summed E-state index contributed by atoms with van der Waals surface area (Å²) < 4.78 is 0.727. The lowest BCUT2D eigenvalue weighted by atomic mass is 10.1. The van der Waals surface area contributed by atoms with Gasteiger partial charge in [-0.2, -0.15) is 0 Å². The van der Waals surface area contributed by atoms with E-state index in [0.29, 0.717) is 10.6 Å². The van der Waals surface area contributed by atoms with Crippen LogP contribution in [-0.2, 0) is 4.79 Å². The van der Waals surface area contributed by atoms with Crippen LogP contribution >= 0.6 is 27.5 Å². The predicted molar refractivity (Wildman–Crippen MR) is 61.0 cm³/mol. The van der Waals surface area contributed by atoms with Gasteiger partial charge in [-0.3, -0.25) is 4.79 Å². The van der Waals surface area contributed by atoms with Crippen LogP contribution in [0.15, 0.2) is 22.7 Å². The molecule has 15 heavy (non-hydrogen) atoms. The highest BCUT2D eigenvalue weighted by Crippen LogP contribution is 2.29. The third kappa shape index (κ3) is 3.81. The smallest absolute Gasteiger partial charge is 0.303 e. The number of aliphatic hydroxyl groups is 1. The highest BCUT2D eigenvalue weighted by atomic mass is 79.9. The zero-order valence-corrected chi connectivity index (χ0v) is 10.1. The molecule has 5 heteroatoms. The number of hydrogen-bond donors (Lipinski definition) is 2. The molecule has 0 radical (unpaired) electrons. The van der Waals surface area contributed by atoms with Gasteiger partial charge in [-0.1, -0.05) is 27.5 Å². The number of hydrogen-bond acceptors (Lipinski definition) is 2. The molecule has 1 aromatic carbocycles. The van der Waals surface area contributed by atoms with Crippen LogP contribution in [0.3, 0.4) is 0 Å². The third-order valence-electron chi connectivity index (χ3n) is 1.95.